The van der Waals surface area contributed by atoms with Crippen molar-refractivity contribution in [1.82, 2.24) is 15.2 Å². The van der Waals surface area contributed by atoms with Crippen LogP contribution in [0.4, 0.5) is 4.39 Å². The highest BCUT2D eigenvalue weighted by atomic mass is 32.2. The number of rotatable bonds is 4. The van der Waals surface area contributed by atoms with E-state index in [4.69, 9.17) is 10.2 Å². The lowest BCUT2D eigenvalue weighted by molar-refractivity contribution is 0.414. The molecule has 0 spiro atoms. The number of aromatic nitrogens is 3. The molecule has 2 rings (SSSR count). The Labute approximate surface area is 95.3 Å². The number of halogens is 1. The maximum Gasteiger partial charge on any atom is 0.276 e. The van der Waals surface area contributed by atoms with E-state index in [0.717, 1.165) is 11.8 Å². The summed E-state index contributed by atoms with van der Waals surface area (Å²) in [6.07, 6.45) is 2.75. The SMILES string of the molecule is NCc1nnc(SCc2cncc(F)c2)o1. The average molecular weight is 240 g/mol. The van der Waals surface area contributed by atoms with Gasteiger partial charge in [0.15, 0.2) is 0 Å². The first-order chi connectivity index (χ1) is 7.78. The van der Waals surface area contributed by atoms with Gasteiger partial charge in [-0.15, -0.1) is 10.2 Å². The van der Waals surface area contributed by atoms with Crippen LogP contribution in [0.5, 0.6) is 0 Å². The lowest BCUT2D eigenvalue weighted by atomic mass is 10.3. The molecule has 0 atom stereocenters. The summed E-state index contributed by atoms with van der Waals surface area (Å²) in [5.74, 6) is 0.558. The number of nitrogens with two attached hydrogens (primary N) is 1. The molecule has 16 heavy (non-hydrogen) atoms. The molecule has 2 heterocycles. The van der Waals surface area contributed by atoms with Gasteiger partial charge in [0.1, 0.15) is 5.82 Å². The minimum absolute atomic E-state index is 0.217. The van der Waals surface area contributed by atoms with Crippen molar-refractivity contribution in [2.24, 2.45) is 5.73 Å². The topological polar surface area (TPSA) is 77.8 Å². The molecule has 0 saturated heterocycles. The lowest BCUT2D eigenvalue weighted by Gasteiger charge is -1.96. The zero-order valence-electron chi connectivity index (χ0n) is 8.26. The normalized spacial score (nSPS) is 10.6. The molecule has 0 amide bonds. The second-order valence-electron chi connectivity index (χ2n) is 2.97. The van der Waals surface area contributed by atoms with Crippen LogP contribution in [-0.2, 0) is 12.3 Å². The van der Waals surface area contributed by atoms with Crippen LogP contribution in [0.1, 0.15) is 11.5 Å². The fraction of sp³-hybridized carbons (Fsp3) is 0.222. The summed E-state index contributed by atoms with van der Waals surface area (Å²) >= 11 is 1.32. The predicted octanol–water partition coefficient (Wildman–Crippen LogP) is 1.35. The first-order valence-electron chi connectivity index (χ1n) is 4.52. The second kappa shape index (κ2) is 5.04. The third kappa shape index (κ3) is 2.77. The average Bonchev–Trinajstić information content (AvgIpc) is 2.74. The van der Waals surface area contributed by atoms with E-state index in [1.807, 2.05) is 0 Å². The fourth-order valence-electron chi connectivity index (χ4n) is 1.06. The number of hydrogen-bond donors (Lipinski definition) is 1. The van der Waals surface area contributed by atoms with Gasteiger partial charge in [0.05, 0.1) is 12.7 Å². The monoisotopic (exact) mass is 240 g/mol. The van der Waals surface area contributed by atoms with Crippen molar-refractivity contribution in [2.75, 3.05) is 0 Å². The second-order valence-corrected chi connectivity index (χ2v) is 3.89. The first kappa shape index (κ1) is 11.0. The molecule has 7 heteroatoms. The highest BCUT2D eigenvalue weighted by Gasteiger charge is 2.05. The van der Waals surface area contributed by atoms with Crippen LogP contribution in [0.25, 0.3) is 0 Å². The van der Waals surface area contributed by atoms with E-state index in [0.29, 0.717) is 16.9 Å². The van der Waals surface area contributed by atoms with Gasteiger partial charge in [-0.05, 0) is 11.6 Å². The standard InChI is InChI=1S/C9H9FN4OS/c10-7-1-6(3-12-4-7)5-16-9-14-13-8(2-11)15-9/h1,3-4H,2,5,11H2. The summed E-state index contributed by atoms with van der Waals surface area (Å²) in [6, 6.07) is 1.42. The van der Waals surface area contributed by atoms with Gasteiger partial charge in [-0.2, -0.15) is 0 Å². The van der Waals surface area contributed by atoms with Crippen LogP contribution in [0.3, 0.4) is 0 Å². The minimum atomic E-state index is -0.355. The quantitative estimate of drug-likeness (QED) is 0.813. The molecule has 84 valence electrons. The molecule has 2 N–H and O–H groups in total. The van der Waals surface area contributed by atoms with Gasteiger partial charge in [0, 0.05) is 11.9 Å². The Morgan fingerprint density at radius 3 is 2.94 bits per heavy atom. The Bertz CT molecular complexity index is 476. The molecule has 0 unspecified atom stereocenters. The molecule has 0 aliphatic heterocycles. The third-order valence-corrected chi connectivity index (χ3v) is 2.64. The van der Waals surface area contributed by atoms with Gasteiger partial charge >= 0.3 is 0 Å². The van der Waals surface area contributed by atoms with E-state index >= 15 is 0 Å². The molecule has 2 aromatic rings. The van der Waals surface area contributed by atoms with Gasteiger partial charge < -0.3 is 10.2 Å². The van der Waals surface area contributed by atoms with Gasteiger partial charge in [-0.1, -0.05) is 11.8 Å². The van der Waals surface area contributed by atoms with Crippen LogP contribution >= 0.6 is 11.8 Å². The number of nitrogens with zero attached hydrogens (tertiary/aromatic N) is 3. The number of thioether (sulfide) groups is 1. The van der Waals surface area contributed by atoms with Crippen molar-refractivity contribution < 1.29 is 8.81 Å². The van der Waals surface area contributed by atoms with Gasteiger partial charge in [-0.25, -0.2) is 4.39 Å². The van der Waals surface area contributed by atoms with E-state index < -0.39 is 0 Å². The maximum atomic E-state index is 12.8. The summed E-state index contributed by atoms with van der Waals surface area (Å²) < 4.78 is 18.0. The Hall–Kier alpha value is -1.47. The number of hydrogen-bond acceptors (Lipinski definition) is 6. The van der Waals surface area contributed by atoms with E-state index in [-0.39, 0.29) is 12.4 Å². The highest BCUT2D eigenvalue weighted by Crippen LogP contribution is 2.20. The molecule has 2 aromatic heterocycles. The molecule has 5 nitrogen and oxygen atoms in total. The Morgan fingerprint density at radius 2 is 2.25 bits per heavy atom. The smallest absolute Gasteiger partial charge is 0.276 e. The molecule has 0 bridgehead atoms. The van der Waals surface area contributed by atoms with Crippen molar-refractivity contribution in [3.63, 3.8) is 0 Å². The largest absolute Gasteiger partial charge is 0.415 e. The summed E-state index contributed by atoms with van der Waals surface area (Å²) in [6.45, 7) is 0.217. The highest BCUT2D eigenvalue weighted by molar-refractivity contribution is 7.98. The molecule has 0 saturated carbocycles. The van der Waals surface area contributed by atoms with Crippen LogP contribution in [0, 0.1) is 5.82 Å². The molecule has 0 aliphatic rings. The predicted molar refractivity (Wildman–Crippen MR) is 55.9 cm³/mol. The zero-order valence-corrected chi connectivity index (χ0v) is 9.08. The molecular formula is C9H9FN4OS. The summed E-state index contributed by atoms with van der Waals surface area (Å²) in [5.41, 5.74) is 6.09. The van der Waals surface area contributed by atoms with Crippen LogP contribution in [0.15, 0.2) is 28.1 Å². The van der Waals surface area contributed by atoms with Crippen molar-refractivity contribution in [3.05, 3.63) is 35.7 Å². The van der Waals surface area contributed by atoms with Crippen LogP contribution < -0.4 is 5.73 Å². The number of pyridine rings is 1. The van der Waals surface area contributed by atoms with E-state index in [9.17, 15) is 4.39 Å². The molecule has 0 aliphatic carbocycles. The summed E-state index contributed by atoms with van der Waals surface area (Å²) in [5, 5.41) is 7.91. The molecular weight excluding hydrogens is 231 g/mol. The Morgan fingerprint density at radius 1 is 1.38 bits per heavy atom. The maximum absolute atomic E-state index is 12.8. The van der Waals surface area contributed by atoms with Crippen molar-refractivity contribution >= 4 is 11.8 Å². The van der Waals surface area contributed by atoms with Crippen molar-refractivity contribution in [3.8, 4) is 0 Å². The van der Waals surface area contributed by atoms with E-state index in [1.54, 1.807) is 6.20 Å². The van der Waals surface area contributed by atoms with E-state index in [1.165, 1.54) is 17.8 Å². The minimum Gasteiger partial charge on any atom is -0.415 e. The van der Waals surface area contributed by atoms with Gasteiger partial charge in [0.2, 0.25) is 5.89 Å². The summed E-state index contributed by atoms with van der Waals surface area (Å²) in [4.78, 5) is 3.74. The zero-order chi connectivity index (χ0) is 11.4. The molecule has 0 radical (unpaired) electrons. The van der Waals surface area contributed by atoms with Gasteiger partial charge in [-0.3, -0.25) is 4.98 Å². The van der Waals surface area contributed by atoms with E-state index in [2.05, 4.69) is 15.2 Å². The van der Waals surface area contributed by atoms with Crippen molar-refractivity contribution in [2.45, 2.75) is 17.5 Å². The fourth-order valence-corrected chi connectivity index (χ4v) is 1.76. The summed E-state index contributed by atoms with van der Waals surface area (Å²) in [7, 11) is 0. The van der Waals surface area contributed by atoms with Crippen LogP contribution in [-0.4, -0.2) is 15.2 Å². The Balaban J connectivity index is 1.96. The van der Waals surface area contributed by atoms with Crippen molar-refractivity contribution in [1.29, 1.82) is 0 Å². The first-order valence-corrected chi connectivity index (χ1v) is 5.51. The lowest BCUT2D eigenvalue weighted by Crippen LogP contribution is -1.95. The molecule has 0 aromatic carbocycles. The van der Waals surface area contributed by atoms with Crippen LogP contribution in [0.2, 0.25) is 0 Å². The Kier molecular flexibility index (Phi) is 3.47. The third-order valence-electron chi connectivity index (χ3n) is 1.75. The van der Waals surface area contributed by atoms with Gasteiger partial charge in [0.25, 0.3) is 5.22 Å². The molecule has 0 fully saturated rings.